The number of rotatable bonds is 11. The van der Waals surface area contributed by atoms with E-state index < -0.39 is 17.7 Å². The fraction of sp³-hybridized carbons (Fsp3) is 0.448. The maximum atomic E-state index is 14.5. The summed E-state index contributed by atoms with van der Waals surface area (Å²) in [5.41, 5.74) is 1.18. The van der Waals surface area contributed by atoms with Gasteiger partial charge in [-0.3, -0.25) is 0 Å². The predicted octanol–water partition coefficient (Wildman–Crippen LogP) is 8.27. The van der Waals surface area contributed by atoms with Gasteiger partial charge < -0.3 is 9.84 Å². The van der Waals surface area contributed by atoms with Crippen molar-refractivity contribution >= 4 is 6.08 Å². The first-order valence-electron chi connectivity index (χ1n) is 12.3. The van der Waals surface area contributed by atoms with E-state index in [2.05, 4.69) is 6.58 Å². The third-order valence-corrected chi connectivity index (χ3v) is 6.62. The van der Waals surface area contributed by atoms with Crippen molar-refractivity contribution in [3.05, 3.63) is 83.2 Å². The molecule has 184 valence electrons. The first-order chi connectivity index (χ1) is 16.4. The molecule has 0 aliphatic heterocycles. The van der Waals surface area contributed by atoms with Crippen LogP contribution in [0.5, 0.6) is 5.75 Å². The Labute approximate surface area is 201 Å². The minimum absolute atomic E-state index is 0.0115. The van der Waals surface area contributed by atoms with Gasteiger partial charge in [0.15, 0.2) is 23.2 Å². The van der Waals surface area contributed by atoms with E-state index in [9.17, 15) is 18.3 Å². The topological polar surface area (TPSA) is 29.5 Å². The van der Waals surface area contributed by atoms with Crippen LogP contribution in [-0.4, -0.2) is 11.7 Å². The van der Waals surface area contributed by atoms with Crippen molar-refractivity contribution in [3.8, 4) is 5.75 Å². The van der Waals surface area contributed by atoms with Gasteiger partial charge >= 0.3 is 0 Å². The zero-order chi connectivity index (χ0) is 24.5. The Morgan fingerprint density at radius 1 is 1.09 bits per heavy atom. The summed E-state index contributed by atoms with van der Waals surface area (Å²) in [6.45, 7) is 6.02. The Hall–Kier alpha value is -2.53. The van der Waals surface area contributed by atoms with Crippen LogP contribution in [0.3, 0.4) is 0 Å². The molecule has 1 unspecified atom stereocenters. The van der Waals surface area contributed by atoms with Crippen LogP contribution >= 0.6 is 0 Å². The number of ether oxygens (including phenoxy) is 1. The number of aliphatic hydroxyl groups is 1. The number of allylic oxidation sites excluding steroid dienone is 2. The number of benzene rings is 2. The van der Waals surface area contributed by atoms with Gasteiger partial charge in [0, 0.05) is 11.1 Å². The lowest BCUT2D eigenvalue weighted by Crippen LogP contribution is -2.12. The Bertz CT molecular complexity index is 978. The average molecular weight is 473 g/mol. The zero-order valence-corrected chi connectivity index (χ0v) is 19.9. The van der Waals surface area contributed by atoms with Crippen molar-refractivity contribution in [3.63, 3.8) is 0 Å². The molecular weight excluding hydrogens is 437 g/mol. The second kappa shape index (κ2) is 12.8. The highest BCUT2D eigenvalue weighted by Gasteiger charge is 2.23. The molecule has 0 bridgehead atoms. The monoisotopic (exact) mass is 472 g/mol. The Morgan fingerprint density at radius 3 is 2.53 bits per heavy atom. The van der Waals surface area contributed by atoms with Crippen LogP contribution in [0.15, 0.2) is 49.1 Å². The van der Waals surface area contributed by atoms with Gasteiger partial charge in [0.05, 0.1) is 12.7 Å². The smallest absolute Gasteiger partial charge is 0.166 e. The maximum Gasteiger partial charge on any atom is 0.166 e. The lowest BCUT2D eigenvalue weighted by Gasteiger charge is -2.27. The summed E-state index contributed by atoms with van der Waals surface area (Å²) in [7, 11) is 0. The number of halogens is 3. The standard InChI is InChI=1S/C29H35F3O2/c1-3-5-6-18-34-27-17-15-23(19-25(27)30)21-11-8-20(9-12-21)10-13-22-14-16-24(26(33)7-4-2)29(32)28(22)31/h3,10,13-17,19-21,26,33H,1,4-9,11-12,18H2,2H3/b13-10+. The molecule has 3 rings (SSSR count). The molecule has 2 aromatic carbocycles. The predicted molar refractivity (Wildman–Crippen MR) is 131 cm³/mol. The number of aliphatic hydroxyl groups excluding tert-OH is 1. The van der Waals surface area contributed by atoms with Crippen molar-refractivity contribution in [1.82, 2.24) is 0 Å². The molecule has 0 radical (unpaired) electrons. The molecule has 2 nitrogen and oxygen atoms in total. The first-order valence-corrected chi connectivity index (χ1v) is 12.3. The van der Waals surface area contributed by atoms with Crippen LogP contribution in [0.25, 0.3) is 6.08 Å². The van der Waals surface area contributed by atoms with Crippen LogP contribution in [-0.2, 0) is 0 Å². The summed E-state index contributed by atoms with van der Waals surface area (Å²) in [5, 5.41) is 10.0. The average Bonchev–Trinajstić information content (AvgIpc) is 2.84. The van der Waals surface area contributed by atoms with E-state index in [4.69, 9.17) is 4.74 Å². The highest BCUT2D eigenvalue weighted by atomic mass is 19.2. The van der Waals surface area contributed by atoms with Crippen LogP contribution in [0.1, 0.15) is 87.0 Å². The molecule has 1 N–H and O–H groups in total. The molecule has 0 heterocycles. The number of hydrogen-bond acceptors (Lipinski definition) is 2. The van der Waals surface area contributed by atoms with Gasteiger partial charge in [-0.25, -0.2) is 13.2 Å². The number of unbranched alkanes of at least 4 members (excludes halogenated alkanes) is 1. The van der Waals surface area contributed by atoms with Crippen molar-refractivity contribution < 1.29 is 23.0 Å². The van der Waals surface area contributed by atoms with Crippen LogP contribution in [0, 0.1) is 23.4 Å². The van der Waals surface area contributed by atoms with E-state index in [0.29, 0.717) is 19.4 Å². The molecule has 2 aromatic rings. The Morgan fingerprint density at radius 2 is 1.85 bits per heavy atom. The van der Waals surface area contributed by atoms with Crippen molar-refractivity contribution in [2.75, 3.05) is 6.61 Å². The summed E-state index contributed by atoms with van der Waals surface area (Å²) in [6, 6.07) is 8.23. The molecule has 5 heteroatoms. The first kappa shape index (κ1) is 26.1. The fourth-order valence-corrected chi connectivity index (χ4v) is 4.58. The Balaban J connectivity index is 1.55. The third kappa shape index (κ3) is 6.75. The minimum atomic E-state index is -0.990. The van der Waals surface area contributed by atoms with Crippen molar-refractivity contribution in [2.45, 2.75) is 70.3 Å². The Kier molecular flexibility index (Phi) is 9.82. The summed E-state index contributed by atoms with van der Waals surface area (Å²) in [6.07, 6.45) is 10.8. The molecule has 1 aliphatic carbocycles. The fourth-order valence-electron chi connectivity index (χ4n) is 4.58. The molecular formula is C29H35F3O2. The second-order valence-corrected chi connectivity index (χ2v) is 9.12. The second-order valence-electron chi connectivity index (χ2n) is 9.12. The van der Waals surface area contributed by atoms with Gasteiger partial charge in [-0.05, 0) is 74.5 Å². The van der Waals surface area contributed by atoms with Crippen molar-refractivity contribution in [2.24, 2.45) is 5.92 Å². The molecule has 0 aromatic heterocycles. The van der Waals surface area contributed by atoms with E-state index in [-0.39, 0.29) is 34.5 Å². The zero-order valence-electron chi connectivity index (χ0n) is 19.9. The van der Waals surface area contributed by atoms with E-state index in [1.807, 2.05) is 25.1 Å². The quantitative estimate of drug-likeness (QED) is 0.263. The van der Waals surface area contributed by atoms with Gasteiger partial charge in [0.2, 0.25) is 0 Å². The summed E-state index contributed by atoms with van der Waals surface area (Å²) < 4.78 is 48.9. The normalized spacial score (nSPS) is 19.3. The lowest BCUT2D eigenvalue weighted by atomic mass is 9.78. The van der Waals surface area contributed by atoms with E-state index in [0.717, 1.165) is 44.1 Å². The SMILES string of the molecule is C=CCCCOc1ccc(C2CCC(/C=C/c3ccc(C(O)CCC)c(F)c3F)CC2)cc1F. The highest BCUT2D eigenvalue weighted by molar-refractivity contribution is 5.51. The van der Waals surface area contributed by atoms with Crippen LogP contribution < -0.4 is 4.74 Å². The maximum absolute atomic E-state index is 14.5. The molecule has 1 aliphatic rings. The highest BCUT2D eigenvalue weighted by Crippen LogP contribution is 2.38. The van der Waals surface area contributed by atoms with E-state index in [1.165, 1.54) is 12.1 Å². The van der Waals surface area contributed by atoms with Crippen LogP contribution in [0.4, 0.5) is 13.2 Å². The molecule has 1 saturated carbocycles. The molecule has 0 spiro atoms. The van der Waals surface area contributed by atoms with Crippen molar-refractivity contribution in [1.29, 1.82) is 0 Å². The summed E-state index contributed by atoms with van der Waals surface area (Å²) >= 11 is 0. The molecule has 1 fully saturated rings. The molecule has 34 heavy (non-hydrogen) atoms. The van der Waals surface area contributed by atoms with E-state index >= 15 is 0 Å². The third-order valence-electron chi connectivity index (χ3n) is 6.62. The number of hydrogen-bond donors (Lipinski definition) is 1. The van der Waals surface area contributed by atoms with Gasteiger partial charge in [0.1, 0.15) is 0 Å². The van der Waals surface area contributed by atoms with Gasteiger partial charge in [-0.2, -0.15) is 0 Å². The van der Waals surface area contributed by atoms with E-state index in [1.54, 1.807) is 18.2 Å². The van der Waals surface area contributed by atoms with Crippen LogP contribution in [0.2, 0.25) is 0 Å². The van der Waals surface area contributed by atoms with Gasteiger partial charge in [0.25, 0.3) is 0 Å². The minimum Gasteiger partial charge on any atom is -0.491 e. The molecule has 1 atom stereocenters. The summed E-state index contributed by atoms with van der Waals surface area (Å²) in [5.74, 6) is -1.39. The van der Waals surface area contributed by atoms with Gasteiger partial charge in [-0.1, -0.05) is 49.8 Å². The lowest BCUT2D eigenvalue weighted by molar-refractivity contribution is 0.160. The van der Waals surface area contributed by atoms with Gasteiger partial charge in [-0.15, -0.1) is 6.58 Å². The molecule has 0 amide bonds. The summed E-state index contributed by atoms with van der Waals surface area (Å²) in [4.78, 5) is 0. The molecule has 0 saturated heterocycles. The largest absolute Gasteiger partial charge is 0.491 e.